The highest BCUT2D eigenvalue weighted by atomic mass is 19.1. The zero-order valence-corrected chi connectivity index (χ0v) is 8.11. The first-order chi connectivity index (χ1) is 7.65. The molecule has 0 unspecified atom stereocenters. The first-order valence-electron chi connectivity index (χ1n) is 4.51. The van der Waals surface area contributed by atoms with Crippen molar-refractivity contribution < 1.29 is 18.7 Å². The lowest BCUT2D eigenvalue weighted by molar-refractivity contribution is 0.0663. The van der Waals surface area contributed by atoms with Gasteiger partial charge < -0.3 is 14.8 Å². The fourth-order valence-corrected chi connectivity index (χ4v) is 1.20. The van der Waals surface area contributed by atoms with Gasteiger partial charge in [-0.3, -0.25) is 0 Å². The van der Waals surface area contributed by atoms with Gasteiger partial charge in [-0.05, 0) is 30.3 Å². The standard InChI is InChI=1S/C11H8FNO3/c12-7-1-3-8(4-2-7)13-10-6-5-9(16-10)11(14)15/h1-6,13H,(H,14,15). The fraction of sp³-hybridized carbons (Fsp3) is 0. The molecule has 0 radical (unpaired) electrons. The lowest BCUT2D eigenvalue weighted by Gasteiger charge is -2.01. The van der Waals surface area contributed by atoms with E-state index in [0.717, 1.165) is 0 Å². The third-order valence-corrected chi connectivity index (χ3v) is 1.93. The first kappa shape index (κ1) is 10.2. The number of aromatic carboxylic acids is 1. The largest absolute Gasteiger partial charge is 0.475 e. The average molecular weight is 221 g/mol. The number of hydrogen-bond acceptors (Lipinski definition) is 3. The number of benzene rings is 1. The van der Waals surface area contributed by atoms with E-state index in [-0.39, 0.29) is 11.6 Å². The van der Waals surface area contributed by atoms with Crippen molar-refractivity contribution in [3.63, 3.8) is 0 Å². The van der Waals surface area contributed by atoms with E-state index in [0.29, 0.717) is 11.6 Å². The normalized spacial score (nSPS) is 10.1. The highest BCUT2D eigenvalue weighted by Crippen LogP contribution is 2.19. The van der Waals surface area contributed by atoms with Crippen LogP contribution in [0.15, 0.2) is 40.8 Å². The monoisotopic (exact) mass is 221 g/mol. The van der Waals surface area contributed by atoms with Crippen molar-refractivity contribution in [3.8, 4) is 0 Å². The summed E-state index contributed by atoms with van der Waals surface area (Å²) in [5, 5.41) is 11.4. The van der Waals surface area contributed by atoms with E-state index >= 15 is 0 Å². The second-order valence-electron chi connectivity index (χ2n) is 3.10. The van der Waals surface area contributed by atoms with Crippen molar-refractivity contribution in [2.24, 2.45) is 0 Å². The molecule has 1 aromatic heterocycles. The van der Waals surface area contributed by atoms with E-state index in [2.05, 4.69) is 5.32 Å². The molecule has 5 heteroatoms. The lowest BCUT2D eigenvalue weighted by Crippen LogP contribution is -1.92. The first-order valence-corrected chi connectivity index (χ1v) is 4.51. The topological polar surface area (TPSA) is 62.5 Å². The van der Waals surface area contributed by atoms with E-state index in [1.165, 1.54) is 36.4 Å². The van der Waals surface area contributed by atoms with E-state index in [9.17, 15) is 9.18 Å². The Labute approximate surface area is 90.3 Å². The zero-order valence-electron chi connectivity index (χ0n) is 8.11. The molecular weight excluding hydrogens is 213 g/mol. The van der Waals surface area contributed by atoms with E-state index in [1.807, 2.05) is 0 Å². The van der Waals surface area contributed by atoms with Crippen LogP contribution in [0.3, 0.4) is 0 Å². The summed E-state index contributed by atoms with van der Waals surface area (Å²) < 4.78 is 17.6. The van der Waals surface area contributed by atoms with Gasteiger partial charge in [0.1, 0.15) is 5.82 Å². The number of carbonyl (C=O) groups is 1. The van der Waals surface area contributed by atoms with E-state index < -0.39 is 5.97 Å². The third-order valence-electron chi connectivity index (χ3n) is 1.93. The minimum atomic E-state index is -1.13. The molecular formula is C11H8FNO3. The van der Waals surface area contributed by atoms with Crippen LogP contribution >= 0.6 is 0 Å². The molecule has 0 aliphatic rings. The van der Waals surface area contributed by atoms with Gasteiger partial charge >= 0.3 is 5.97 Å². The van der Waals surface area contributed by atoms with E-state index in [4.69, 9.17) is 9.52 Å². The molecule has 0 amide bonds. The molecule has 0 atom stereocenters. The van der Waals surface area contributed by atoms with Crippen LogP contribution < -0.4 is 5.32 Å². The molecule has 1 aromatic carbocycles. The Balaban J connectivity index is 2.14. The summed E-state index contributed by atoms with van der Waals surface area (Å²) in [5.41, 5.74) is 0.618. The number of carboxylic acid groups (broad SMARTS) is 1. The summed E-state index contributed by atoms with van der Waals surface area (Å²) in [7, 11) is 0. The van der Waals surface area contributed by atoms with Crippen LogP contribution in [0.4, 0.5) is 16.0 Å². The van der Waals surface area contributed by atoms with Crippen molar-refractivity contribution in [3.05, 3.63) is 48.0 Å². The van der Waals surface area contributed by atoms with Gasteiger partial charge in [0.25, 0.3) is 0 Å². The van der Waals surface area contributed by atoms with E-state index in [1.54, 1.807) is 0 Å². The molecule has 4 nitrogen and oxygen atoms in total. The minimum Gasteiger partial charge on any atom is -0.475 e. The summed E-state index contributed by atoms with van der Waals surface area (Å²) in [6.45, 7) is 0. The molecule has 0 aliphatic carbocycles. The molecule has 0 aliphatic heterocycles. The number of carboxylic acids is 1. The maximum Gasteiger partial charge on any atom is 0.371 e. The summed E-state index contributed by atoms with van der Waals surface area (Å²) in [5.74, 6) is -1.32. The summed E-state index contributed by atoms with van der Waals surface area (Å²) in [4.78, 5) is 10.5. The SMILES string of the molecule is O=C(O)c1ccc(Nc2ccc(F)cc2)o1. The molecule has 1 heterocycles. The second-order valence-corrected chi connectivity index (χ2v) is 3.10. The van der Waals surface area contributed by atoms with Crippen LogP contribution in [0.5, 0.6) is 0 Å². The van der Waals surface area contributed by atoms with Crippen LogP contribution in [-0.2, 0) is 0 Å². The van der Waals surface area contributed by atoms with Crippen LogP contribution in [0, 0.1) is 5.82 Å². The Morgan fingerprint density at radius 3 is 2.44 bits per heavy atom. The number of rotatable bonds is 3. The van der Waals surface area contributed by atoms with Crippen molar-refractivity contribution in [2.45, 2.75) is 0 Å². The Hall–Kier alpha value is -2.30. The Morgan fingerprint density at radius 2 is 1.88 bits per heavy atom. The van der Waals surface area contributed by atoms with Crippen molar-refractivity contribution in [1.82, 2.24) is 0 Å². The third kappa shape index (κ3) is 2.20. The van der Waals surface area contributed by atoms with Gasteiger partial charge in [-0.1, -0.05) is 0 Å². The van der Waals surface area contributed by atoms with Gasteiger partial charge in [0.2, 0.25) is 5.76 Å². The molecule has 2 aromatic rings. The Kier molecular flexibility index (Phi) is 2.59. The molecule has 82 valence electrons. The predicted octanol–water partition coefficient (Wildman–Crippen LogP) is 2.86. The maximum atomic E-state index is 12.6. The molecule has 0 saturated carbocycles. The van der Waals surface area contributed by atoms with Gasteiger partial charge in [0, 0.05) is 11.8 Å². The number of nitrogens with one attached hydrogen (secondary N) is 1. The van der Waals surface area contributed by atoms with Gasteiger partial charge in [-0.2, -0.15) is 0 Å². The molecule has 2 N–H and O–H groups in total. The van der Waals surface area contributed by atoms with Gasteiger partial charge in [-0.15, -0.1) is 0 Å². The molecule has 0 fully saturated rings. The lowest BCUT2D eigenvalue weighted by atomic mass is 10.3. The van der Waals surface area contributed by atoms with Crippen LogP contribution in [0.2, 0.25) is 0 Å². The molecule has 0 saturated heterocycles. The average Bonchev–Trinajstić information content (AvgIpc) is 2.70. The number of hydrogen-bond donors (Lipinski definition) is 2. The van der Waals surface area contributed by atoms with Gasteiger partial charge in [0.05, 0.1) is 0 Å². The second kappa shape index (κ2) is 4.06. The van der Waals surface area contributed by atoms with Crippen LogP contribution in [0.25, 0.3) is 0 Å². The van der Waals surface area contributed by atoms with Crippen molar-refractivity contribution in [2.75, 3.05) is 5.32 Å². The zero-order chi connectivity index (χ0) is 11.5. The number of halogens is 1. The van der Waals surface area contributed by atoms with Crippen LogP contribution in [-0.4, -0.2) is 11.1 Å². The predicted molar refractivity (Wildman–Crippen MR) is 55.4 cm³/mol. The fourth-order valence-electron chi connectivity index (χ4n) is 1.20. The minimum absolute atomic E-state index is 0.149. The highest BCUT2D eigenvalue weighted by molar-refractivity contribution is 5.85. The summed E-state index contributed by atoms with van der Waals surface area (Å²) >= 11 is 0. The van der Waals surface area contributed by atoms with Gasteiger partial charge in [0.15, 0.2) is 5.88 Å². The number of furan rings is 1. The smallest absolute Gasteiger partial charge is 0.371 e. The van der Waals surface area contributed by atoms with Crippen molar-refractivity contribution >= 4 is 17.5 Å². The van der Waals surface area contributed by atoms with Crippen molar-refractivity contribution in [1.29, 1.82) is 0 Å². The number of anilines is 2. The van der Waals surface area contributed by atoms with Crippen LogP contribution in [0.1, 0.15) is 10.6 Å². The molecule has 16 heavy (non-hydrogen) atoms. The molecule has 2 rings (SSSR count). The Bertz CT molecular complexity index is 504. The molecule has 0 spiro atoms. The summed E-state index contributed by atoms with van der Waals surface area (Å²) in [6.07, 6.45) is 0. The highest BCUT2D eigenvalue weighted by Gasteiger charge is 2.08. The summed E-state index contributed by atoms with van der Waals surface area (Å²) in [6, 6.07) is 8.48. The molecule has 0 bridgehead atoms. The maximum absolute atomic E-state index is 12.6. The van der Waals surface area contributed by atoms with Gasteiger partial charge in [-0.25, -0.2) is 9.18 Å². The quantitative estimate of drug-likeness (QED) is 0.836. The Morgan fingerprint density at radius 1 is 1.19 bits per heavy atom.